The van der Waals surface area contributed by atoms with Gasteiger partial charge in [0, 0.05) is 17.8 Å². The lowest BCUT2D eigenvalue weighted by Crippen LogP contribution is -2.04. The number of hydrogen-bond donors (Lipinski definition) is 0. The maximum atomic E-state index is 6.41. The van der Waals surface area contributed by atoms with E-state index in [1.54, 1.807) is 12.4 Å². The van der Waals surface area contributed by atoms with E-state index in [4.69, 9.17) is 23.2 Å². The molecule has 0 saturated heterocycles. The van der Waals surface area contributed by atoms with Crippen LogP contribution in [0.2, 0.25) is 5.02 Å². The first-order valence-electron chi connectivity index (χ1n) is 8.46. The minimum absolute atomic E-state index is 0.189. The van der Waals surface area contributed by atoms with E-state index in [0.29, 0.717) is 0 Å². The monoisotopic (exact) mass is 329 g/mol. The Labute approximate surface area is 140 Å². The minimum atomic E-state index is 0.189. The zero-order chi connectivity index (χ0) is 15.3. The third-order valence-corrected chi connectivity index (χ3v) is 4.63. The zero-order valence-electron chi connectivity index (χ0n) is 13.3. The van der Waals surface area contributed by atoms with E-state index in [2.05, 4.69) is 11.9 Å². The predicted molar refractivity (Wildman–Crippen MR) is 94.4 cm³/mol. The molecule has 0 bridgehead atoms. The summed E-state index contributed by atoms with van der Waals surface area (Å²) in [6, 6.07) is 1.97. The summed E-state index contributed by atoms with van der Waals surface area (Å²) in [4.78, 5) is 4.00. The highest BCUT2D eigenvalue weighted by Gasteiger charge is 2.08. The zero-order valence-corrected chi connectivity index (χ0v) is 14.8. The molecule has 0 amide bonds. The van der Waals surface area contributed by atoms with Crippen molar-refractivity contribution in [2.45, 2.75) is 82.9 Å². The summed E-state index contributed by atoms with van der Waals surface area (Å²) >= 11 is 12.5. The molecule has 1 aromatic rings. The van der Waals surface area contributed by atoms with Crippen molar-refractivity contribution in [1.82, 2.24) is 4.98 Å². The fourth-order valence-electron chi connectivity index (χ4n) is 2.59. The quantitative estimate of drug-likeness (QED) is 0.303. The average Bonchev–Trinajstić information content (AvgIpc) is 2.48. The van der Waals surface area contributed by atoms with Crippen LogP contribution in [-0.4, -0.2) is 10.4 Å². The van der Waals surface area contributed by atoms with Crippen molar-refractivity contribution in [3.63, 3.8) is 0 Å². The molecule has 1 nitrogen and oxygen atoms in total. The van der Waals surface area contributed by atoms with E-state index >= 15 is 0 Å². The molecule has 0 spiro atoms. The van der Waals surface area contributed by atoms with Gasteiger partial charge in [-0.1, -0.05) is 76.3 Å². The fourth-order valence-corrected chi connectivity index (χ4v) is 3.10. The van der Waals surface area contributed by atoms with Gasteiger partial charge in [0.05, 0.1) is 5.02 Å². The number of pyridine rings is 1. The number of rotatable bonds is 12. The molecule has 1 aromatic heterocycles. The number of nitrogens with zero attached hydrogens (tertiary/aromatic N) is 1. The maximum Gasteiger partial charge on any atom is 0.0621 e. The molecule has 0 N–H and O–H groups in total. The predicted octanol–water partition coefficient (Wildman–Crippen LogP) is 6.81. The first kappa shape index (κ1) is 18.8. The van der Waals surface area contributed by atoms with Crippen molar-refractivity contribution >= 4 is 23.2 Å². The Morgan fingerprint density at radius 3 is 2.24 bits per heavy atom. The number of unbranched alkanes of at least 4 members (excludes halogenated alkanes) is 8. The van der Waals surface area contributed by atoms with Crippen molar-refractivity contribution in [1.29, 1.82) is 0 Å². The van der Waals surface area contributed by atoms with Crippen molar-refractivity contribution in [2.24, 2.45) is 0 Å². The molecule has 0 aromatic carbocycles. The number of alkyl halides is 1. The molecule has 0 aliphatic heterocycles. The maximum absolute atomic E-state index is 6.41. The van der Waals surface area contributed by atoms with Gasteiger partial charge >= 0.3 is 0 Å². The lowest BCUT2D eigenvalue weighted by Gasteiger charge is -2.10. The molecule has 120 valence electrons. The lowest BCUT2D eigenvalue weighted by molar-refractivity contribution is 0.551. The van der Waals surface area contributed by atoms with E-state index in [0.717, 1.165) is 23.4 Å². The van der Waals surface area contributed by atoms with Crippen LogP contribution in [0.5, 0.6) is 0 Å². The molecule has 21 heavy (non-hydrogen) atoms. The molecular formula is C18H29Cl2N. The molecule has 0 fully saturated rings. The molecule has 1 rings (SSSR count). The molecule has 3 heteroatoms. The van der Waals surface area contributed by atoms with Gasteiger partial charge < -0.3 is 0 Å². The van der Waals surface area contributed by atoms with E-state index in [9.17, 15) is 0 Å². The van der Waals surface area contributed by atoms with Gasteiger partial charge in [0.15, 0.2) is 0 Å². The van der Waals surface area contributed by atoms with Crippen molar-refractivity contribution in [3.05, 3.63) is 29.0 Å². The van der Waals surface area contributed by atoms with Gasteiger partial charge in [-0.05, 0) is 24.5 Å². The Kier molecular flexibility index (Phi) is 11.0. The second kappa shape index (κ2) is 12.3. The Bertz CT molecular complexity index is 368. The molecule has 0 aliphatic rings. The smallest absolute Gasteiger partial charge is 0.0621 e. The largest absolute Gasteiger partial charge is 0.263 e. The first-order valence-corrected chi connectivity index (χ1v) is 9.28. The summed E-state index contributed by atoms with van der Waals surface area (Å²) in [5, 5.41) is 0.921. The summed E-state index contributed by atoms with van der Waals surface area (Å²) in [5.41, 5.74) is 1.11. The van der Waals surface area contributed by atoms with E-state index < -0.39 is 0 Å². The highest BCUT2D eigenvalue weighted by Crippen LogP contribution is 2.20. The molecule has 0 radical (unpaired) electrons. The van der Waals surface area contributed by atoms with Crippen LogP contribution in [0.4, 0.5) is 0 Å². The molecule has 0 aliphatic carbocycles. The highest BCUT2D eigenvalue weighted by atomic mass is 35.5. The van der Waals surface area contributed by atoms with Gasteiger partial charge in [-0.3, -0.25) is 4.98 Å². The van der Waals surface area contributed by atoms with Crippen LogP contribution in [0.3, 0.4) is 0 Å². The lowest BCUT2D eigenvalue weighted by atomic mass is 10.0. The second-order valence-electron chi connectivity index (χ2n) is 5.89. The number of hydrogen-bond acceptors (Lipinski definition) is 1. The Balaban J connectivity index is 1.99. The molecule has 1 atom stereocenters. The molecule has 1 heterocycles. The van der Waals surface area contributed by atoms with Crippen molar-refractivity contribution in [3.8, 4) is 0 Å². The van der Waals surface area contributed by atoms with Crippen molar-refractivity contribution < 1.29 is 0 Å². The van der Waals surface area contributed by atoms with Crippen LogP contribution in [0.1, 0.15) is 76.7 Å². The minimum Gasteiger partial charge on any atom is -0.263 e. The summed E-state index contributed by atoms with van der Waals surface area (Å²) in [6.07, 6.45) is 17.6. The summed E-state index contributed by atoms with van der Waals surface area (Å²) in [6.45, 7) is 2.27. The summed E-state index contributed by atoms with van der Waals surface area (Å²) in [7, 11) is 0. The van der Waals surface area contributed by atoms with Gasteiger partial charge in [0.25, 0.3) is 0 Å². The third-order valence-electron chi connectivity index (χ3n) is 3.92. The third kappa shape index (κ3) is 9.37. The standard InChI is InChI=1S/C18H29Cl2N/c1-2-3-4-5-6-7-8-9-10-11-17(19)14-16-12-13-21-15-18(16)20/h12-13,15,17H,2-11,14H2,1H3. The van der Waals surface area contributed by atoms with Gasteiger partial charge in [-0.25, -0.2) is 0 Å². The SMILES string of the molecule is CCCCCCCCCCCC(Cl)Cc1ccncc1Cl. The van der Waals surface area contributed by atoms with Crippen LogP contribution >= 0.6 is 23.2 Å². The topological polar surface area (TPSA) is 12.9 Å². The summed E-state index contributed by atoms with van der Waals surface area (Å²) < 4.78 is 0. The van der Waals surface area contributed by atoms with E-state index in [-0.39, 0.29) is 5.38 Å². The normalized spacial score (nSPS) is 12.5. The average molecular weight is 330 g/mol. The van der Waals surface area contributed by atoms with Crippen LogP contribution in [0.25, 0.3) is 0 Å². The van der Waals surface area contributed by atoms with Crippen LogP contribution in [0, 0.1) is 0 Å². The molecule has 0 saturated carbocycles. The van der Waals surface area contributed by atoms with E-state index in [1.165, 1.54) is 57.8 Å². The number of aromatic nitrogens is 1. The Morgan fingerprint density at radius 2 is 1.62 bits per heavy atom. The van der Waals surface area contributed by atoms with E-state index in [1.807, 2.05) is 6.07 Å². The summed E-state index contributed by atoms with van der Waals surface area (Å²) in [5.74, 6) is 0. The van der Waals surface area contributed by atoms with Gasteiger partial charge in [-0.15, -0.1) is 11.6 Å². The van der Waals surface area contributed by atoms with Gasteiger partial charge in [-0.2, -0.15) is 0 Å². The van der Waals surface area contributed by atoms with Crippen LogP contribution < -0.4 is 0 Å². The van der Waals surface area contributed by atoms with Crippen LogP contribution in [-0.2, 0) is 6.42 Å². The Hall–Kier alpha value is -0.270. The first-order chi connectivity index (χ1) is 10.2. The molecular weight excluding hydrogens is 301 g/mol. The van der Waals surface area contributed by atoms with Gasteiger partial charge in [0.1, 0.15) is 0 Å². The van der Waals surface area contributed by atoms with Crippen molar-refractivity contribution in [2.75, 3.05) is 0 Å². The number of halogens is 2. The Morgan fingerprint density at radius 1 is 1.00 bits per heavy atom. The molecule has 1 unspecified atom stereocenters. The van der Waals surface area contributed by atoms with Gasteiger partial charge in [0.2, 0.25) is 0 Å². The highest BCUT2D eigenvalue weighted by molar-refractivity contribution is 6.31. The van der Waals surface area contributed by atoms with Crippen LogP contribution in [0.15, 0.2) is 18.5 Å². The fraction of sp³-hybridized carbons (Fsp3) is 0.722. The second-order valence-corrected chi connectivity index (χ2v) is 6.91.